The predicted molar refractivity (Wildman–Crippen MR) is 71.7 cm³/mol. The van der Waals surface area contributed by atoms with Crippen LogP contribution in [0.25, 0.3) is 0 Å². The number of rotatable bonds is 4. The Bertz CT molecular complexity index is 373. The first-order chi connectivity index (χ1) is 8.19. The summed E-state index contributed by atoms with van der Waals surface area (Å²) in [6, 6.07) is 6.54. The normalized spacial score (nSPS) is 19.2. The van der Waals surface area contributed by atoms with Gasteiger partial charge in [-0.2, -0.15) is 0 Å². The minimum atomic E-state index is 0.860. The molecule has 1 unspecified atom stereocenters. The Morgan fingerprint density at radius 2 is 2.12 bits per heavy atom. The highest BCUT2D eigenvalue weighted by Gasteiger charge is 2.18. The van der Waals surface area contributed by atoms with Gasteiger partial charge in [0.05, 0.1) is 7.11 Å². The highest BCUT2D eigenvalue weighted by atomic mass is 16.5. The van der Waals surface area contributed by atoms with Crippen LogP contribution >= 0.6 is 0 Å². The van der Waals surface area contributed by atoms with E-state index in [-0.39, 0.29) is 0 Å². The molecule has 1 aromatic carbocycles. The molecule has 0 saturated heterocycles. The Morgan fingerprint density at radius 1 is 1.29 bits per heavy atom. The van der Waals surface area contributed by atoms with E-state index < -0.39 is 0 Å². The zero-order valence-corrected chi connectivity index (χ0v) is 11.2. The molecule has 0 fully saturated rings. The maximum absolute atomic E-state index is 5.28. The number of fused-ring (bicyclic) bond motifs is 1. The van der Waals surface area contributed by atoms with Crippen LogP contribution in [0, 0.1) is 5.92 Å². The highest BCUT2D eigenvalue weighted by Crippen LogP contribution is 2.30. The van der Waals surface area contributed by atoms with Crippen molar-refractivity contribution >= 4 is 0 Å². The molecule has 0 N–H and O–H groups in total. The molecule has 0 amide bonds. The first-order valence-corrected chi connectivity index (χ1v) is 6.49. The molecule has 0 radical (unpaired) electrons. The van der Waals surface area contributed by atoms with E-state index in [0.717, 1.165) is 11.7 Å². The number of hydrogen-bond donors (Lipinski definition) is 0. The molecule has 0 bridgehead atoms. The summed E-state index contributed by atoms with van der Waals surface area (Å²) in [6.07, 6.45) is 5.10. The summed E-state index contributed by atoms with van der Waals surface area (Å²) in [6.45, 7) is 1.20. The van der Waals surface area contributed by atoms with Crippen molar-refractivity contribution < 1.29 is 4.74 Å². The minimum Gasteiger partial charge on any atom is -0.497 e. The van der Waals surface area contributed by atoms with Gasteiger partial charge < -0.3 is 9.64 Å². The highest BCUT2D eigenvalue weighted by molar-refractivity contribution is 5.37. The largest absolute Gasteiger partial charge is 0.497 e. The average molecular weight is 233 g/mol. The molecule has 2 nitrogen and oxygen atoms in total. The number of benzene rings is 1. The van der Waals surface area contributed by atoms with Crippen molar-refractivity contribution in [3.8, 4) is 5.75 Å². The molecule has 0 saturated carbocycles. The fourth-order valence-electron chi connectivity index (χ4n) is 2.62. The van der Waals surface area contributed by atoms with Crippen LogP contribution in [0.15, 0.2) is 18.2 Å². The molecular weight excluding hydrogens is 210 g/mol. The summed E-state index contributed by atoms with van der Waals surface area (Å²) >= 11 is 0. The molecule has 17 heavy (non-hydrogen) atoms. The van der Waals surface area contributed by atoms with Crippen molar-refractivity contribution in [3.05, 3.63) is 29.3 Å². The third kappa shape index (κ3) is 3.22. The summed E-state index contributed by atoms with van der Waals surface area (Å²) < 4.78 is 5.28. The van der Waals surface area contributed by atoms with Crippen LogP contribution < -0.4 is 4.74 Å². The van der Waals surface area contributed by atoms with Crippen LogP contribution in [0.5, 0.6) is 5.75 Å². The fourth-order valence-corrected chi connectivity index (χ4v) is 2.62. The fraction of sp³-hybridized carbons (Fsp3) is 0.600. The van der Waals surface area contributed by atoms with Gasteiger partial charge in [-0.1, -0.05) is 6.07 Å². The molecule has 0 heterocycles. The third-order valence-electron chi connectivity index (χ3n) is 3.73. The summed E-state index contributed by atoms with van der Waals surface area (Å²) in [5.74, 6) is 1.86. The van der Waals surface area contributed by atoms with Crippen molar-refractivity contribution in [3.63, 3.8) is 0 Å². The van der Waals surface area contributed by atoms with Gasteiger partial charge in [-0.05, 0) is 75.5 Å². The maximum atomic E-state index is 5.28. The molecule has 1 aliphatic rings. The molecule has 1 atom stereocenters. The lowest BCUT2D eigenvalue weighted by Crippen LogP contribution is -2.21. The Hall–Kier alpha value is -1.02. The standard InChI is InChI=1S/C15H23NO/c1-16(2)9-8-12-4-5-14-11-15(17-3)7-6-13(14)10-12/h6-7,11-12H,4-5,8-10H2,1-3H3. The molecule has 1 aliphatic carbocycles. The predicted octanol–water partition coefficient (Wildman–Crippen LogP) is 2.75. The van der Waals surface area contributed by atoms with Gasteiger partial charge in [-0.15, -0.1) is 0 Å². The average Bonchev–Trinajstić information content (AvgIpc) is 2.35. The maximum Gasteiger partial charge on any atom is 0.119 e. The van der Waals surface area contributed by atoms with E-state index in [1.807, 2.05) is 0 Å². The topological polar surface area (TPSA) is 12.5 Å². The quantitative estimate of drug-likeness (QED) is 0.793. The van der Waals surface area contributed by atoms with Gasteiger partial charge in [0.1, 0.15) is 5.75 Å². The lowest BCUT2D eigenvalue weighted by molar-refractivity contribution is 0.330. The second-order valence-electron chi connectivity index (χ2n) is 5.34. The number of methoxy groups -OCH3 is 1. The number of aryl methyl sites for hydroxylation is 1. The summed E-state index contributed by atoms with van der Waals surface area (Å²) in [7, 11) is 6.05. The van der Waals surface area contributed by atoms with Crippen molar-refractivity contribution in [2.24, 2.45) is 5.92 Å². The van der Waals surface area contributed by atoms with Gasteiger partial charge in [0.2, 0.25) is 0 Å². The summed E-state index contributed by atoms with van der Waals surface area (Å²) in [4.78, 5) is 2.28. The van der Waals surface area contributed by atoms with Crippen LogP contribution in [-0.4, -0.2) is 32.6 Å². The van der Waals surface area contributed by atoms with Crippen LogP contribution in [0.3, 0.4) is 0 Å². The second-order valence-corrected chi connectivity index (χ2v) is 5.34. The van der Waals surface area contributed by atoms with E-state index in [9.17, 15) is 0 Å². The molecule has 0 aliphatic heterocycles. The first-order valence-electron chi connectivity index (χ1n) is 6.49. The molecule has 0 aromatic heterocycles. The van der Waals surface area contributed by atoms with Gasteiger partial charge in [-0.3, -0.25) is 0 Å². The van der Waals surface area contributed by atoms with Crippen LogP contribution in [0.4, 0.5) is 0 Å². The van der Waals surface area contributed by atoms with Crippen molar-refractivity contribution in [1.29, 1.82) is 0 Å². The monoisotopic (exact) mass is 233 g/mol. The lowest BCUT2D eigenvalue weighted by Gasteiger charge is -2.26. The zero-order valence-electron chi connectivity index (χ0n) is 11.2. The zero-order chi connectivity index (χ0) is 12.3. The minimum absolute atomic E-state index is 0.860. The third-order valence-corrected chi connectivity index (χ3v) is 3.73. The summed E-state index contributed by atoms with van der Waals surface area (Å²) in [5.41, 5.74) is 3.02. The van der Waals surface area contributed by atoms with E-state index in [2.05, 4.69) is 37.2 Å². The number of ether oxygens (including phenoxy) is 1. The van der Waals surface area contributed by atoms with Gasteiger partial charge >= 0.3 is 0 Å². The van der Waals surface area contributed by atoms with Crippen LogP contribution in [-0.2, 0) is 12.8 Å². The number of hydrogen-bond acceptors (Lipinski definition) is 2. The SMILES string of the molecule is COc1ccc2c(c1)CCC(CCN(C)C)C2. The Balaban J connectivity index is 1.99. The van der Waals surface area contributed by atoms with E-state index >= 15 is 0 Å². The molecule has 1 aromatic rings. The van der Waals surface area contributed by atoms with Gasteiger partial charge in [0.25, 0.3) is 0 Å². The van der Waals surface area contributed by atoms with Crippen molar-refractivity contribution in [2.75, 3.05) is 27.7 Å². The molecule has 2 heteroatoms. The molecular formula is C15H23NO. The second kappa shape index (κ2) is 5.54. The van der Waals surface area contributed by atoms with E-state index in [1.54, 1.807) is 7.11 Å². The van der Waals surface area contributed by atoms with Crippen LogP contribution in [0.2, 0.25) is 0 Å². The lowest BCUT2D eigenvalue weighted by atomic mass is 9.82. The number of nitrogens with zero attached hydrogens (tertiary/aromatic N) is 1. The Kier molecular flexibility index (Phi) is 4.06. The van der Waals surface area contributed by atoms with E-state index in [0.29, 0.717) is 0 Å². The smallest absolute Gasteiger partial charge is 0.119 e. The van der Waals surface area contributed by atoms with Gasteiger partial charge in [0, 0.05) is 0 Å². The Morgan fingerprint density at radius 3 is 2.82 bits per heavy atom. The van der Waals surface area contributed by atoms with Gasteiger partial charge in [0.15, 0.2) is 0 Å². The van der Waals surface area contributed by atoms with E-state index in [1.165, 1.54) is 43.4 Å². The Labute approximate surface area is 105 Å². The van der Waals surface area contributed by atoms with Crippen molar-refractivity contribution in [2.45, 2.75) is 25.7 Å². The molecule has 94 valence electrons. The van der Waals surface area contributed by atoms with E-state index in [4.69, 9.17) is 4.74 Å². The van der Waals surface area contributed by atoms with Gasteiger partial charge in [-0.25, -0.2) is 0 Å². The summed E-state index contributed by atoms with van der Waals surface area (Å²) in [5, 5.41) is 0. The van der Waals surface area contributed by atoms with Crippen molar-refractivity contribution in [1.82, 2.24) is 4.90 Å². The molecule has 2 rings (SSSR count). The molecule has 0 spiro atoms. The van der Waals surface area contributed by atoms with Crippen LogP contribution in [0.1, 0.15) is 24.0 Å². The first kappa shape index (κ1) is 12.4.